The Bertz CT molecular complexity index is 890. The summed E-state index contributed by atoms with van der Waals surface area (Å²) in [7, 11) is -3.70. The summed E-state index contributed by atoms with van der Waals surface area (Å²) in [6.07, 6.45) is 7.72. The average molecular weight is 421 g/mol. The summed E-state index contributed by atoms with van der Waals surface area (Å²) in [6.45, 7) is 0. The van der Waals surface area contributed by atoms with Gasteiger partial charge in [0.15, 0.2) is 0 Å². The Labute approximate surface area is 171 Å². The van der Waals surface area contributed by atoms with Crippen LogP contribution in [-0.4, -0.2) is 14.3 Å². The van der Waals surface area contributed by atoms with Crippen LogP contribution in [0.15, 0.2) is 53.4 Å². The van der Waals surface area contributed by atoms with E-state index in [1.807, 2.05) is 0 Å². The number of nitrogens with one attached hydrogen (secondary N) is 2. The lowest BCUT2D eigenvalue weighted by molar-refractivity contribution is -0.116. The summed E-state index contributed by atoms with van der Waals surface area (Å²) in [5, 5.41) is 3.38. The first-order valence-electron chi connectivity index (χ1n) is 9.61. The first-order valence-corrected chi connectivity index (χ1v) is 11.5. The minimum atomic E-state index is -3.70. The number of hydrogen-bond acceptors (Lipinski definition) is 3. The van der Waals surface area contributed by atoms with Gasteiger partial charge in [-0.05, 0) is 60.9 Å². The Morgan fingerprint density at radius 2 is 1.54 bits per heavy atom. The minimum Gasteiger partial charge on any atom is -0.326 e. The number of amides is 1. The van der Waals surface area contributed by atoms with Crippen LogP contribution in [0.2, 0.25) is 5.02 Å². The lowest BCUT2D eigenvalue weighted by atomic mass is 9.86. The maximum absolute atomic E-state index is 12.5. The van der Waals surface area contributed by atoms with Gasteiger partial charge in [0.1, 0.15) is 0 Å². The fourth-order valence-electron chi connectivity index (χ4n) is 3.48. The molecule has 0 aromatic heterocycles. The summed E-state index contributed by atoms with van der Waals surface area (Å²) in [5.74, 6) is 0.631. The zero-order valence-electron chi connectivity index (χ0n) is 15.7. The highest BCUT2D eigenvalue weighted by Crippen LogP contribution is 2.27. The van der Waals surface area contributed by atoms with Gasteiger partial charge in [-0.3, -0.25) is 9.52 Å². The van der Waals surface area contributed by atoms with Gasteiger partial charge in [-0.25, -0.2) is 8.42 Å². The molecule has 2 N–H and O–H groups in total. The molecular weight excluding hydrogens is 396 g/mol. The van der Waals surface area contributed by atoms with E-state index in [4.69, 9.17) is 11.6 Å². The number of rotatable bonds is 7. The zero-order valence-corrected chi connectivity index (χ0v) is 17.2. The standard InChI is InChI=1S/C21H25ClN2O3S/c22-17-7-9-19(10-8-17)24-28(26,27)20-13-11-18(12-14-20)23-21(25)15-6-16-4-2-1-3-5-16/h7-14,16,24H,1-6,15H2,(H,23,25). The van der Waals surface area contributed by atoms with Crippen molar-refractivity contribution in [2.45, 2.75) is 49.8 Å². The second-order valence-electron chi connectivity index (χ2n) is 7.23. The second kappa shape index (κ2) is 9.43. The van der Waals surface area contributed by atoms with Crippen molar-refractivity contribution in [3.8, 4) is 0 Å². The van der Waals surface area contributed by atoms with Crippen LogP contribution in [-0.2, 0) is 14.8 Å². The Hall–Kier alpha value is -2.05. The van der Waals surface area contributed by atoms with Crippen molar-refractivity contribution in [3.05, 3.63) is 53.6 Å². The van der Waals surface area contributed by atoms with E-state index in [2.05, 4.69) is 10.0 Å². The third-order valence-electron chi connectivity index (χ3n) is 5.05. The molecule has 0 aliphatic heterocycles. The molecule has 150 valence electrons. The van der Waals surface area contributed by atoms with Crippen molar-refractivity contribution in [1.29, 1.82) is 0 Å². The number of anilines is 2. The Morgan fingerprint density at radius 3 is 2.18 bits per heavy atom. The van der Waals surface area contributed by atoms with Crippen LogP contribution >= 0.6 is 11.6 Å². The molecule has 1 fully saturated rings. The lowest BCUT2D eigenvalue weighted by Gasteiger charge is -2.21. The first-order chi connectivity index (χ1) is 13.4. The number of sulfonamides is 1. The molecule has 0 unspecified atom stereocenters. The van der Waals surface area contributed by atoms with E-state index in [0.29, 0.717) is 28.7 Å². The number of halogens is 1. The van der Waals surface area contributed by atoms with Crippen LogP contribution in [0, 0.1) is 5.92 Å². The van der Waals surface area contributed by atoms with Crippen LogP contribution in [0.4, 0.5) is 11.4 Å². The molecule has 0 radical (unpaired) electrons. The van der Waals surface area contributed by atoms with Crippen molar-refractivity contribution >= 4 is 38.9 Å². The predicted molar refractivity (Wildman–Crippen MR) is 113 cm³/mol. The molecule has 1 amide bonds. The van der Waals surface area contributed by atoms with Crippen LogP contribution < -0.4 is 10.0 Å². The first kappa shape index (κ1) is 20.7. The summed E-state index contributed by atoms with van der Waals surface area (Å²) < 4.78 is 27.4. The molecule has 0 bridgehead atoms. The Kier molecular flexibility index (Phi) is 6.97. The quantitative estimate of drug-likeness (QED) is 0.626. The largest absolute Gasteiger partial charge is 0.326 e. The van der Waals surface area contributed by atoms with Gasteiger partial charge in [0.25, 0.3) is 10.0 Å². The van der Waals surface area contributed by atoms with Crippen molar-refractivity contribution in [1.82, 2.24) is 0 Å². The highest BCUT2D eigenvalue weighted by atomic mass is 35.5. The average Bonchev–Trinajstić information content (AvgIpc) is 2.69. The van der Waals surface area contributed by atoms with Gasteiger partial charge in [0, 0.05) is 22.8 Å². The maximum atomic E-state index is 12.5. The molecular formula is C21H25ClN2O3S. The van der Waals surface area contributed by atoms with E-state index >= 15 is 0 Å². The normalized spacial score (nSPS) is 15.2. The molecule has 7 heteroatoms. The van der Waals surface area contributed by atoms with E-state index in [9.17, 15) is 13.2 Å². The molecule has 0 spiro atoms. The summed E-state index contributed by atoms with van der Waals surface area (Å²) in [4.78, 5) is 12.3. The van der Waals surface area contributed by atoms with Crippen LogP contribution in [0.3, 0.4) is 0 Å². The number of benzene rings is 2. The van der Waals surface area contributed by atoms with Gasteiger partial charge in [-0.2, -0.15) is 0 Å². The second-order valence-corrected chi connectivity index (χ2v) is 9.35. The summed E-state index contributed by atoms with van der Waals surface area (Å²) in [5.41, 5.74) is 1.03. The fourth-order valence-corrected chi connectivity index (χ4v) is 4.67. The minimum absolute atomic E-state index is 0.0273. The highest BCUT2D eigenvalue weighted by molar-refractivity contribution is 7.92. The molecule has 0 saturated heterocycles. The van der Waals surface area contributed by atoms with E-state index in [-0.39, 0.29) is 10.8 Å². The molecule has 0 atom stereocenters. The van der Waals surface area contributed by atoms with Crippen LogP contribution in [0.1, 0.15) is 44.9 Å². The molecule has 1 saturated carbocycles. The molecule has 2 aromatic rings. The topological polar surface area (TPSA) is 75.3 Å². The molecule has 1 aliphatic carbocycles. The SMILES string of the molecule is O=C(CCC1CCCCC1)Nc1ccc(S(=O)(=O)Nc2ccc(Cl)cc2)cc1. The van der Waals surface area contributed by atoms with Crippen LogP contribution in [0.5, 0.6) is 0 Å². The van der Waals surface area contributed by atoms with Crippen molar-refractivity contribution in [2.24, 2.45) is 5.92 Å². The van der Waals surface area contributed by atoms with Gasteiger partial charge in [-0.15, -0.1) is 0 Å². The van der Waals surface area contributed by atoms with Crippen molar-refractivity contribution in [2.75, 3.05) is 10.0 Å². The highest BCUT2D eigenvalue weighted by Gasteiger charge is 2.16. The smallest absolute Gasteiger partial charge is 0.261 e. The fraction of sp³-hybridized carbons (Fsp3) is 0.381. The van der Waals surface area contributed by atoms with Gasteiger partial charge >= 0.3 is 0 Å². The van der Waals surface area contributed by atoms with E-state index in [1.54, 1.807) is 36.4 Å². The summed E-state index contributed by atoms with van der Waals surface area (Å²) in [6, 6.07) is 12.6. The van der Waals surface area contributed by atoms with Gasteiger partial charge in [0.05, 0.1) is 4.90 Å². The zero-order chi connectivity index (χ0) is 20.0. The van der Waals surface area contributed by atoms with Crippen molar-refractivity contribution in [3.63, 3.8) is 0 Å². The van der Waals surface area contributed by atoms with Gasteiger partial charge < -0.3 is 5.32 Å². The van der Waals surface area contributed by atoms with E-state index in [0.717, 1.165) is 6.42 Å². The van der Waals surface area contributed by atoms with E-state index < -0.39 is 10.0 Å². The molecule has 2 aromatic carbocycles. The molecule has 0 heterocycles. The number of carbonyl (C=O) groups excluding carboxylic acids is 1. The van der Waals surface area contributed by atoms with Gasteiger partial charge in [-0.1, -0.05) is 43.7 Å². The monoisotopic (exact) mass is 420 g/mol. The molecule has 28 heavy (non-hydrogen) atoms. The van der Waals surface area contributed by atoms with Gasteiger partial charge in [0.2, 0.25) is 5.91 Å². The predicted octanol–water partition coefficient (Wildman–Crippen LogP) is 5.44. The van der Waals surface area contributed by atoms with Crippen LogP contribution in [0.25, 0.3) is 0 Å². The number of hydrogen-bond donors (Lipinski definition) is 2. The van der Waals surface area contributed by atoms with E-state index in [1.165, 1.54) is 44.2 Å². The summed E-state index contributed by atoms with van der Waals surface area (Å²) >= 11 is 5.81. The molecule has 3 rings (SSSR count). The lowest BCUT2D eigenvalue weighted by Crippen LogP contribution is -2.15. The third kappa shape index (κ3) is 5.97. The number of carbonyl (C=O) groups is 1. The Balaban J connectivity index is 1.54. The maximum Gasteiger partial charge on any atom is 0.261 e. The third-order valence-corrected chi connectivity index (χ3v) is 6.70. The molecule has 1 aliphatic rings. The Morgan fingerprint density at radius 1 is 0.929 bits per heavy atom. The molecule has 5 nitrogen and oxygen atoms in total. The van der Waals surface area contributed by atoms with Crippen molar-refractivity contribution < 1.29 is 13.2 Å².